The fourth-order valence-corrected chi connectivity index (χ4v) is 11.8. The molecule has 8 heterocycles. The molecule has 0 saturated heterocycles. The molecule has 0 saturated carbocycles. The van der Waals surface area contributed by atoms with E-state index in [1.54, 1.807) is 0 Å². The third-order valence-electron chi connectivity index (χ3n) is 13.2. The highest BCUT2D eigenvalue weighted by molar-refractivity contribution is 14.2. The van der Waals surface area contributed by atoms with Crippen LogP contribution in [0.25, 0.3) is 22.3 Å². The summed E-state index contributed by atoms with van der Waals surface area (Å²) in [6.45, 7) is 6.68. The lowest BCUT2D eigenvalue weighted by molar-refractivity contribution is -0.834. The van der Waals surface area contributed by atoms with Gasteiger partial charge in [0.1, 0.15) is 2.65 Å². The van der Waals surface area contributed by atoms with Crippen LogP contribution < -0.4 is 10.7 Å². The van der Waals surface area contributed by atoms with Crippen molar-refractivity contribution in [3.8, 4) is 35.8 Å². The Kier molecular flexibility index (Phi) is 7.44. The normalized spacial score (nSPS) is 21.4. The Hall–Kier alpha value is -6.20. The van der Waals surface area contributed by atoms with Crippen LogP contribution in [0.2, 0.25) is 0 Å². The van der Waals surface area contributed by atoms with E-state index in [2.05, 4.69) is 205 Å². The Morgan fingerprint density at radius 3 is 2.16 bits per heavy atom. The van der Waals surface area contributed by atoms with E-state index in [9.17, 15) is 0 Å². The second-order valence-corrected chi connectivity index (χ2v) is 22.9. The zero-order chi connectivity index (χ0) is 42.9. The molecule has 6 aliphatic heterocycles. The molecule has 12 rings (SSSR count). The van der Waals surface area contributed by atoms with Crippen LogP contribution in [0.1, 0.15) is 63.7 Å². The summed E-state index contributed by atoms with van der Waals surface area (Å²) in [5, 5.41) is 5.53. The van der Waals surface area contributed by atoms with E-state index in [-0.39, 0.29) is 13.2 Å². The van der Waals surface area contributed by atoms with Crippen molar-refractivity contribution in [2.24, 2.45) is 5.92 Å². The summed E-state index contributed by atoms with van der Waals surface area (Å²) in [4.78, 5) is 0. The molecule has 5 aromatic rings. The fraction of sp³-hybridized carbons (Fsp3) is 0.111. The van der Waals surface area contributed by atoms with Gasteiger partial charge in [-0.1, -0.05) is 95.1 Å². The molecule has 0 bridgehead atoms. The third kappa shape index (κ3) is 4.78. The van der Waals surface area contributed by atoms with Gasteiger partial charge in [0.15, 0.2) is 0 Å². The van der Waals surface area contributed by atoms with Crippen LogP contribution in [0, 0.1) is 62.5 Å². The molecule has 1 spiro atoms. The van der Waals surface area contributed by atoms with Crippen LogP contribution in [0.4, 0.5) is 0 Å². The first-order valence-electron chi connectivity index (χ1n) is 21.2. The summed E-state index contributed by atoms with van der Waals surface area (Å²) in [7, 11) is 0.214. The molecule has 288 valence electrons. The van der Waals surface area contributed by atoms with E-state index >= 15 is 0 Å². The molecule has 3 aromatic carbocycles. The Bertz CT molecular complexity index is 3640. The molecular formula is C54H36IN4PS+2. The maximum absolute atomic E-state index is 7.76. The quantitative estimate of drug-likeness (QED) is 0.0743. The smallest absolute Gasteiger partial charge is 0.198 e. The summed E-state index contributed by atoms with van der Waals surface area (Å²) in [6.07, 6.45) is 25.3. The maximum atomic E-state index is 7.76. The van der Waals surface area contributed by atoms with Crippen molar-refractivity contribution in [2.75, 3.05) is 0 Å². The lowest BCUT2D eigenvalue weighted by atomic mass is 9.81. The number of nitrogens with zero attached hydrogens (tertiary/aromatic N) is 4. The summed E-state index contributed by atoms with van der Waals surface area (Å²) in [5.74, 6) is 8.41. The molecule has 3 atom stereocenters. The molecule has 3 unspecified atom stereocenters. The minimum absolute atomic E-state index is 0.0204. The largest absolute Gasteiger partial charge is 0.553 e. The molecule has 0 radical (unpaired) electrons. The van der Waals surface area contributed by atoms with Crippen molar-refractivity contribution in [1.29, 1.82) is 1.28 Å². The second-order valence-electron chi connectivity index (χ2n) is 16.4. The van der Waals surface area contributed by atoms with Gasteiger partial charge in [-0.05, 0) is 116 Å². The van der Waals surface area contributed by atoms with Gasteiger partial charge < -0.3 is 0 Å². The van der Waals surface area contributed by atoms with Crippen LogP contribution in [0.5, 0.6) is 0 Å². The monoisotopic (exact) mass is 934 g/mol. The van der Waals surface area contributed by atoms with Gasteiger partial charge in [0.2, 0.25) is 22.8 Å². The van der Waals surface area contributed by atoms with Crippen LogP contribution in [-0.2, 0) is 13.2 Å². The molecule has 0 fully saturated rings. The molecular weight excluding hydrogens is 895 g/mol. The predicted molar refractivity (Wildman–Crippen MR) is 260 cm³/mol. The third-order valence-corrected chi connectivity index (χ3v) is 14.4. The average molecular weight is 935 g/mol. The topological polar surface area (TPSA) is 15.9 Å². The first kappa shape index (κ1) is 34.5. The summed E-state index contributed by atoms with van der Waals surface area (Å²) < 4.78 is 25.8. The van der Waals surface area contributed by atoms with E-state index in [0.717, 1.165) is 90.3 Å². The van der Waals surface area contributed by atoms with Gasteiger partial charge in [-0.3, -0.25) is 0 Å². The summed E-state index contributed by atoms with van der Waals surface area (Å²) >= 11 is 2.25. The van der Waals surface area contributed by atoms with Crippen molar-refractivity contribution in [2.45, 2.75) is 33.1 Å². The molecule has 61 heavy (non-hydrogen) atoms. The van der Waals surface area contributed by atoms with E-state index < -0.39 is 5.91 Å². The number of rotatable bonds is 4. The Morgan fingerprint density at radius 1 is 0.787 bits per heavy atom. The second kappa shape index (κ2) is 13.1. The van der Waals surface area contributed by atoms with Crippen molar-refractivity contribution in [3.05, 3.63) is 211 Å². The van der Waals surface area contributed by atoms with Crippen molar-refractivity contribution >= 4 is 70.1 Å². The Morgan fingerprint density at radius 2 is 1.44 bits per heavy atom. The summed E-state index contributed by atoms with van der Waals surface area (Å²) in [6, 6.07) is 31.0. The lowest BCUT2D eigenvalue weighted by Gasteiger charge is -2.42. The maximum Gasteiger partial charge on any atom is 0.553 e. The number of benzene rings is 3. The number of aromatic nitrogens is 2. The number of hydrogen-bond acceptors (Lipinski definition) is 0. The SMILES string of the molecule is [3H]C#Cc1ccc(C2=c3ccc4n3C35n6c(ccc6C(C6CC=CC=C6C#C)=C6C=CC2=[N+]63)C(c2ccc(C#CS(I)=P[3H])cc2)=C2C=CC(=[N+]25)C=4c2c(C)cc(C)cc2C)cc1. The van der Waals surface area contributed by atoms with Crippen LogP contribution in [0.15, 0.2) is 144 Å². The first-order chi connectivity index (χ1) is 30.8. The van der Waals surface area contributed by atoms with Crippen LogP contribution in [0.3, 0.4) is 0 Å². The zero-order valence-corrected chi connectivity index (χ0v) is 37.4. The number of terminal acetylenes is 2. The van der Waals surface area contributed by atoms with E-state index in [1.807, 2.05) is 12.1 Å². The molecule has 0 N–H and O–H groups in total. The minimum Gasteiger partial charge on any atom is -0.198 e. The highest BCUT2D eigenvalue weighted by atomic mass is 127. The van der Waals surface area contributed by atoms with Gasteiger partial charge >= 0.3 is 5.91 Å². The average Bonchev–Trinajstić information content (AvgIpc) is 4.13. The predicted octanol–water partition coefficient (Wildman–Crippen LogP) is 8.75. The van der Waals surface area contributed by atoms with E-state index in [4.69, 9.17) is 9.07 Å². The van der Waals surface area contributed by atoms with Crippen LogP contribution >= 0.6 is 29.2 Å². The van der Waals surface area contributed by atoms with Crippen LogP contribution in [-0.4, -0.2) is 31.0 Å². The Balaban J connectivity index is 1.26. The molecule has 2 aromatic heterocycles. The van der Waals surface area contributed by atoms with Gasteiger partial charge in [-0.2, -0.15) is 9.13 Å². The van der Waals surface area contributed by atoms with Crippen molar-refractivity contribution < 1.29 is 10.5 Å². The zero-order valence-electron chi connectivity index (χ0n) is 35.5. The fourth-order valence-electron chi connectivity index (χ4n) is 11.1. The molecule has 4 nitrogen and oxygen atoms in total. The minimum atomic E-state index is -0.907. The van der Waals surface area contributed by atoms with Gasteiger partial charge in [-0.15, -0.1) is 12.8 Å². The Labute approximate surface area is 374 Å². The summed E-state index contributed by atoms with van der Waals surface area (Å²) in [5.41, 5.74) is 21.4. The van der Waals surface area contributed by atoms with Crippen molar-refractivity contribution in [3.63, 3.8) is 0 Å². The van der Waals surface area contributed by atoms with E-state index in [0.29, 0.717) is 7.96 Å². The van der Waals surface area contributed by atoms with Gasteiger partial charge in [0.05, 0.1) is 44.4 Å². The highest BCUT2D eigenvalue weighted by Crippen LogP contribution is 2.54. The number of allylic oxidation sites excluding steroid dienone is 9. The number of hydrogen-bond donors (Lipinski definition) is 0. The lowest BCUT2D eigenvalue weighted by Crippen LogP contribution is -2.71. The number of halogens is 1. The van der Waals surface area contributed by atoms with Gasteiger partial charge in [0, 0.05) is 68.1 Å². The van der Waals surface area contributed by atoms with Gasteiger partial charge in [0.25, 0.3) is 0 Å². The van der Waals surface area contributed by atoms with E-state index in [1.165, 1.54) is 33.4 Å². The molecule has 0 amide bonds. The van der Waals surface area contributed by atoms with Gasteiger partial charge in [-0.25, -0.2) is 0 Å². The van der Waals surface area contributed by atoms with Crippen molar-refractivity contribution in [1.82, 2.24) is 9.13 Å². The molecule has 1 aliphatic carbocycles. The first-order valence-corrected chi connectivity index (χ1v) is 25.1. The standard InChI is InChI=1S/C54H36IN4PS/c1-6-35-12-16-38(17-13-35)50-41-20-24-45-52(40-11-9-8-10-37(40)7-2)46-25-21-42-51(39-18-14-36(15-19-39)28-29-61(55)60)44-23-27-48-53(49-33(4)30-32(3)31-34(49)5)47-26-22-43(50)58(47)54(56(41)45,57(42)46)59(44)48/h1-2,8-10,12-27,30-31,40,60H,11H2,3-5H3/q+2/i1T,60T. The molecule has 7 aliphatic rings. The molecule has 7 heteroatoms. The number of aryl methyl sites for hydroxylation is 3. The highest BCUT2D eigenvalue weighted by Gasteiger charge is 2.73.